The lowest BCUT2D eigenvalue weighted by molar-refractivity contribution is -0.121. The van der Waals surface area contributed by atoms with Crippen LogP contribution in [0, 0.1) is 5.92 Å². The molecule has 1 unspecified atom stereocenters. The second kappa shape index (κ2) is 7.06. The minimum atomic E-state index is -3.60. The predicted molar refractivity (Wildman–Crippen MR) is 85.1 cm³/mol. The summed E-state index contributed by atoms with van der Waals surface area (Å²) in [6.45, 7) is 1.97. The zero-order valence-electron chi connectivity index (χ0n) is 11.7. The first-order valence-electron chi connectivity index (χ1n) is 6.41. The van der Waals surface area contributed by atoms with Gasteiger partial charge in [0.1, 0.15) is 4.21 Å². The maximum atomic E-state index is 11.9. The van der Waals surface area contributed by atoms with Gasteiger partial charge in [0.25, 0.3) is 10.0 Å². The van der Waals surface area contributed by atoms with Crippen molar-refractivity contribution < 1.29 is 13.2 Å². The highest BCUT2D eigenvalue weighted by Crippen LogP contribution is 2.38. The number of carbonyl (C=O) groups is 1. The molecule has 1 fully saturated rings. The molecule has 21 heavy (non-hydrogen) atoms. The van der Waals surface area contributed by atoms with Gasteiger partial charge in [-0.1, -0.05) is 6.07 Å². The molecule has 1 atom stereocenters. The summed E-state index contributed by atoms with van der Waals surface area (Å²) in [4.78, 5) is 11.9. The molecule has 0 spiro atoms. The van der Waals surface area contributed by atoms with E-state index in [4.69, 9.17) is 5.73 Å². The van der Waals surface area contributed by atoms with E-state index in [-0.39, 0.29) is 29.1 Å². The van der Waals surface area contributed by atoms with E-state index >= 15 is 0 Å². The molecule has 0 aromatic carbocycles. The first-order chi connectivity index (χ1) is 9.37. The SMILES string of the molecule is CC(CN)(NC(=O)CNS(=O)(=O)c1cccs1)C1CC1.Cl. The number of thiophene rings is 1. The minimum Gasteiger partial charge on any atom is -0.348 e. The molecule has 1 amide bonds. The summed E-state index contributed by atoms with van der Waals surface area (Å²) in [7, 11) is -3.60. The Morgan fingerprint density at radius 2 is 2.19 bits per heavy atom. The average Bonchev–Trinajstić information content (AvgIpc) is 3.12. The Morgan fingerprint density at radius 3 is 2.67 bits per heavy atom. The van der Waals surface area contributed by atoms with E-state index in [0.717, 1.165) is 24.2 Å². The molecule has 1 heterocycles. The molecule has 120 valence electrons. The van der Waals surface area contributed by atoms with Crippen molar-refractivity contribution in [3.8, 4) is 0 Å². The second-order valence-corrected chi connectivity index (χ2v) is 8.14. The number of carbonyl (C=O) groups excluding carboxylic acids is 1. The maximum Gasteiger partial charge on any atom is 0.250 e. The van der Waals surface area contributed by atoms with E-state index < -0.39 is 15.6 Å². The van der Waals surface area contributed by atoms with Crippen molar-refractivity contribution in [2.24, 2.45) is 11.7 Å². The average molecular weight is 354 g/mol. The van der Waals surface area contributed by atoms with Gasteiger partial charge in [0.05, 0.1) is 12.1 Å². The zero-order chi connectivity index (χ0) is 14.8. The highest BCUT2D eigenvalue weighted by atomic mass is 35.5. The Labute approximate surface area is 135 Å². The van der Waals surface area contributed by atoms with E-state index in [1.807, 2.05) is 6.92 Å². The van der Waals surface area contributed by atoms with E-state index in [2.05, 4.69) is 10.0 Å². The van der Waals surface area contributed by atoms with Crippen LogP contribution < -0.4 is 15.8 Å². The normalized spacial score (nSPS) is 17.6. The predicted octanol–water partition coefficient (Wildman–Crippen LogP) is 0.692. The van der Waals surface area contributed by atoms with Crippen LogP contribution in [0.5, 0.6) is 0 Å². The van der Waals surface area contributed by atoms with Gasteiger partial charge in [0.2, 0.25) is 5.91 Å². The van der Waals surface area contributed by atoms with Crippen LogP contribution in [-0.4, -0.2) is 33.0 Å². The van der Waals surface area contributed by atoms with Crippen LogP contribution in [0.1, 0.15) is 19.8 Å². The third-order valence-corrected chi connectivity index (χ3v) is 6.31. The fourth-order valence-corrected chi connectivity index (χ4v) is 4.07. The Morgan fingerprint density at radius 1 is 1.52 bits per heavy atom. The highest BCUT2D eigenvalue weighted by molar-refractivity contribution is 7.91. The first kappa shape index (κ1) is 18.4. The molecular formula is C12H20ClN3O3S2. The molecule has 1 aromatic heterocycles. The topological polar surface area (TPSA) is 101 Å². The molecule has 4 N–H and O–H groups in total. The fourth-order valence-electron chi connectivity index (χ4n) is 2.05. The Hall–Kier alpha value is -0.670. The van der Waals surface area contributed by atoms with Crippen LogP contribution in [0.2, 0.25) is 0 Å². The van der Waals surface area contributed by atoms with Crippen molar-refractivity contribution in [3.05, 3.63) is 17.5 Å². The largest absolute Gasteiger partial charge is 0.348 e. The van der Waals surface area contributed by atoms with Crippen LogP contribution in [-0.2, 0) is 14.8 Å². The molecule has 1 saturated carbocycles. The van der Waals surface area contributed by atoms with Gasteiger partial charge in [0.15, 0.2) is 0 Å². The monoisotopic (exact) mass is 353 g/mol. The van der Waals surface area contributed by atoms with Crippen molar-refractivity contribution in [2.45, 2.75) is 29.5 Å². The summed E-state index contributed by atoms with van der Waals surface area (Å²) in [6.07, 6.45) is 2.10. The summed E-state index contributed by atoms with van der Waals surface area (Å²) in [5, 5.41) is 4.51. The third-order valence-electron chi connectivity index (χ3n) is 3.51. The molecule has 0 bridgehead atoms. The van der Waals surface area contributed by atoms with Gasteiger partial charge in [-0.3, -0.25) is 4.79 Å². The van der Waals surface area contributed by atoms with Gasteiger partial charge in [-0.05, 0) is 37.1 Å². The van der Waals surface area contributed by atoms with Crippen LogP contribution in [0.4, 0.5) is 0 Å². The number of nitrogens with one attached hydrogen (secondary N) is 2. The number of rotatable bonds is 7. The number of hydrogen-bond donors (Lipinski definition) is 3. The molecule has 2 rings (SSSR count). The van der Waals surface area contributed by atoms with Crippen LogP contribution in [0.15, 0.2) is 21.7 Å². The molecule has 1 aliphatic carbocycles. The van der Waals surface area contributed by atoms with E-state index in [9.17, 15) is 13.2 Å². The van der Waals surface area contributed by atoms with E-state index in [0.29, 0.717) is 12.5 Å². The van der Waals surface area contributed by atoms with Gasteiger partial charge >= 0.3 is 0 Å². The van der Waals surface area contributed by atoms with Gasteiger partial charge < -0.3 is 11.1 Å². The smallest absolute Gasteiger partial charge is 0.250 e. The summed E-state index contributed by atoms with van der Waals surface area (Å²) in [5.74, 6) is 0.0373. The summed E-state index contributed by atoms with van der Waals surface area (Å²) >= 11 is 1.11. The Kier molecular flexibility index (Phi) is 6.18. The molecule has 1 aromatic rings. The third kappa shape index (κ3) is 4.65. The summed E-state index contributed by atoms with van der Waals surface area (Å²) < 4.78 is 26.2. The van der Waals surface area contributed by atoms with Crippen LogP contribution in [0.25, 0.3) is 0 Å². The molecule has 1 aliphatic rings. The van der Waals surface area contributed by atoms with E-state index in [1.54, 1.807) is 11.4 Å². The molecule has 0 aliphatic heterocycles. The lowest BCUT2D eigenvalue weighted by Gasteiger charge is -2.29. The zero-order valence-corrected chi connectivity index (χ0v) is 14.1. The fraction of sp³-hybridized carbons (Fsp3) is 0.583. The van der Waals surface area contributed by atoms with Crippen LogP contribution >= 0.6 is 23.7 Å². The Balaban J connectivity index is 0.00000220. The van der Waals surface area contributed by atoms with Crippen LogP contribution in [0.3, 0.4) is 0 Å². The number of sulfonamides is 1. The molecular weight excluding hydrogens is 334 g/mol. The van der Waals surface area contributed by atoms with Crippen molar-refractivity contribution in [1.82, 2.24) is 10.0 Å². The highest BCUT2D eigenvalue weighted by Gasteiger charge is 2.41. The van der Waals surface area contributed by atoms with Gasteiger partial charge in [-0.25, -0.2) is 13.1 Å². The second-order valence-electron chi connectivity index (χ2n) is 5.20. The summed E-state index contributed by atoms with van der Waals surface area (Å²) in [5.41, 5.74) is 5.26. The minimum absolute atomic E-state index is 0. The molecule has 9 heteroatoms. The molecule has 0 radical (unpaired) electrons. The van der Waals surface area contributed by atoms with Gasteiger partial charge in [0, 0.05) is 6.54 Å². The molecule has 6 nitrogen and oxygen atoms in total. The molecule has 0 saturated heterocycles. The maximum absolute atomic E-state index is 11.9. The number of hydrogen-bond acceptors (Lipinski definition) is 5. The van der Waals surface area contributed by atoms with Crippen molar-refractivity contribution in [2.75, 3.05) is 13.1 Å². The lowest BCUT2D eigenvalue weighted by Crippen LogP contribution is -2.55. The lowest BCUT2D eigenvalue weighted by atomic mass is 9.96. The number of halogens is 1. The van der Waals surface area contributed by atoms with Gasteiger partial charge in [-0.15, -0.1) is 23.7 Å². The summed E-state index contributed by atoms with van der Waals surface area (Å²) in [6, 6.07) is 3.15. The van der Waals surface area contributed by atoms with Gasteiger partial charge in [-0.2, -0.15) is 0 Å². The van der Waals surface area contributed by atoms with Crippen molar-refractivity contribution in [1.29, 1.82) is 0 Å². The standard InChI is InChI=1S/C12H19N3O3S2.ClH/c1-12(8-13,9-4-5-9)15-10(16)7-14-20(17,18)11-3-2-6-19-11;/h2-3,6,9,14H,4-5,7-8,13H2,1H3,(H,15,16);1H. The van der Waals surface area contributed by atoms with Crippen molar-refractivity contribution in [3.63, 3.8) is 0 Å². The Bertz CT molecular complexity index is 573. The quantitative estimate of drug-likeness (QED) is 0.671. The van der Waals surface area contributed by atoms with E-state index in [1.165, 1.54) is 6.07 Å². The first-order valence-corrected chi connectivity index (χ1v) is 8.78. The van der Waals surface area contributed by atoms with Crippen molar-refractivity contribution >= 4 is 39.7 Å². The number of nitrogens with two attached hydrogens (primary N) is 1. The number of amides is 1.